The molecule has 0 aliphatic rings. The van der Waals surface area contributed by atoms with Crippen molar-refractivity contribution in [2.45, 2.75) is 33.2 Å². The van der Waals surface area contributed by atoms with Gasteiger partial charge in [0.25, 0.3) is 5.91 Å². The molecular formula is C19H22BrNO. The van der Waals surface area contributed by atoms with Gasteiger partial charge in [0, 0.05) is 10.0 Å². The first-order valence-electron chi connectivity index (χ1n) is 7.46. The van der Waals surface area contributed by atoms with E-state index < -0.39 is 0 Å². The zero-order valence-corrected chi connectivity index (χ0v) is 14.9. The molecule has 2 aromatic rings. The smallest absolute Gasteiger partial charge is 0.251 e. The monoisotopic (exact) mass is 359 g/mol. The Morgan fingerprint density at radius 1 is 1.05 bits per heavy atom. The number of halogens is 1. The van der Waals surface area contributed by atoms with Gasteiger partial charge in [0.1, 0.15) is 0 Å². The number of rotatable bonds is 4. The van der Waals surface area contributed by atoms with Crippen LogP contribution in [0.15, 0.2) is 59.1 Å². The maximum Gasteiger partial charge on any atom is 0.251 e. The Bertz CT molecular complexity index is 614. The van der Waals surface area contributed by atoms with Gasteiger partial charge in [-0.2, -0.15) is 0 Å². The Labute approximate surface area is 141 Å². The summed E-state index contributed by atoms with van der Waals surface area (Å²) in [5.74, 6) is -0.0365. The molecule has 0 saturated heterocycles. The number of amides is 1. The molecule has 0 bridgehead atoms. The molecule has 0 saturated carbocycles. The van der Waals surface area contributed by atoms with Crippen molar-refractivity contribution >= 4 is 21.8 Å². The predicted octanol–water partition coefficient (Wildman–Crippen LogP) is 5.36. The summed E-state index contributed by atoms with van der Waals surface area (Å²) in [6.07, 6.45) is 0.888. The topological polar surface area (TPSA) is 29.1 Å². The highest BCUT2D eigenvalue weighted by molar-refractivity contribution is 9.10. The summed E-state index contributed by atoms with van der Waals surface area (Å²) >= 11 is 3.39. The van der Waals surface area contributed by atoms with Crippen LogP contribution >= 0.6 is 15.9 Å². The molecule has 116 valence electrons. The first-order chi connectivity index (χ1) is 10.3. The zero-order chi connectivity index (χ0) is 16.2. The van der Waals surface area contributed by atoms with Gasteiger partial charge in [-0.3, -0.25) is 4.79 Å². The minimum atomic E-state index is -0.0365. The molecule has 0 aliphatic heterocycles. The molecule has 3 heteroatoms. The summed E-state index contributed by atoms with van der Waals surface area (Å²) in [6.45, 7) is 6.57. The minimum absolute atomic E-state index is 0.0114. The van der Waals surface area contributed by atoms with Crippen LogP contribution in [0, 0.1) is 5.41 Å². The quantitative estimate of drug-likeness (QED) is 0.782. The van der Waals surface area contributed by atoms with Crippen molar-refractivity contribution in [2.75, 3.05) is 0 Å². The van der Waals surface area contributed by atoms with Crippen LogP contribution in [-0.4, -0.2) is 5.91 Å². The fourth-order valence-electron chi connectivity index (χ4n) is 2.39. The average molecular weight is 360 g/mol. The van der Waals surface area contributed by atoms with Crippen LogP contribution in [0.5, 0.6) is 0 Å². The number of hydrogen-bond acceptors (Lipinski definition) is 1. The lowest BCUT2D eigenvalue weighted by molar-refractivity contribution is 0.0926. The molecule has 0 fully saturated rings. The number of hydrogen-bond donors (Lipinski definition) is 1. The number of carbonyl (C=O) groups excluding carboxylic acids is 1. The van der Waals surface area contributed by atoms with Crippen molar-refractivity contribution in [3.63, 3.8) is 0 Å². The SMILES string of the molecule is CC(C)(C)C[C@@H](NC(=O)c1ccc(Br)cc1)c1ccccc1. The third-order valence-corrected chi connectivity index (χ3v) is 3.96. The van der Waals surface area contributed by atoms with E-state index in [0.29, 0.717) is 5.56 Å². The molecule has 0 aromatic heterocycles. The van der Waals surface area contributed by atoms with E-state index >= 15 is 0 Å². The van der Waals surface area contributed by atoms with Gasteiger partial charge in [-0.1, -0.05) is 67.0 Å². The van der Waals surface area contributed by atoms with Crippen LogP contribution in [0.3, 0.4) is 0 Å². The number of benzene rings is 2. The normalized spacial score (nSPS) is 12.7. The molecule has 2 nitrogen and oxygen atoms in total. The van der Waals surface area contributed by atoms with E-state index in [-0.39, 0.29) is 17.4 Å². The van der Waals surface area contributed by atoms with Gasteiger partial charge in [-0.25, -0.2) is 0 Å². The second-order valence-corrected chi connectivity index (χ2v) is 7.62. The van der Waals surface area contributed by atoms with Gasteiger partial charge in [0.2, 0.25) is 0 Å². The summed E-state index contributed by atoms with van der Waals surface area (Å²) in [5.41, 5.74) is 1.95. The highest BCUT2D eigenvalue weighted by Gasteiger charge is 2.22. The molecule has 1 amide bonds. The van der Waals surface area contributed by atoms with E-state index in [1.165, 1.54) is 0 Å². The summed E-state index contributed by atoms with van der Waals surface area (Å²) in [5, 5.41) is 3.17. The predicted molar refractivity (Wildman–Crippen MR) is 94.9 cm³/mol. The molecule has 2 rings (SSSR count). The lowest BCUT2D eigenvalue weighted by Crippen LogP contribution is -2.31. The van der Waals surface area contributed by atoms with Crippen LogP contribution < -0.4 is 5.32 Å². The van der Waals surface area contributed by atoms with Gasteiger partial charge >= 0.3 is 0 Å². The highest BCUT2D eigenvalue weighted by Crippen LogP contribution is 2.29. The van der Waals surface area contributed by atoms with Crippen LogP contribution in [0.4, 0.5) is 0 Å². The van der Waals surface area contributed by atoms with Crippen molar-refractivity contribution in [1.82, 2.24) is 5.32 Å². The molecule has 0 aliphatic carbocycles. The Balaban J connectivity index is 2.19. The molecule has 0 spiro atoms. The van der Waals surface area contributed by atoms with Crippen LogP contribution in [0.2, 0.25) is 0 Å². The maximum atomic E-state index is 12.5. The lowest BCUT2D eigenvalue weighted by Gasteiger charge is -2.27. The van der Waals surface area contributed by atoms with Gasteiger partial charge in [0.15, 0.2) is 0 Å². The Morgan fingerprint density at radius 3 is 2.18 bits per heavy atom. The van der Waals surface area contributed by atoms with E-state index in [9.17, 15) is 4.79 Å². The average Bonchev–Trinajstić information content (AvgIpc) is 2.47. The first kappa shape index (κ1) is 16.8. The fraction of sp³-hybridized carbons (Fsp3) is 0.316. The molecule has 0 radical (unpaired) electrons. The van der Waals surface area contributed by atoms with Crippen LogP contribution in [0.1, 0.15) is 49.2 Å². The lowest BCUT2D eigenvalue weighted by atomic mass is 9.85. The maximum absolute atomic E-state index is 12.5. The van der Waals surface area contributed by atoms with Crippen molar-refractivity contribution in [3.05, 3.63) is 70.2 Å². The molecular weight excluding hydrogens is 338 g/mol. The Hall–Kier alpha value is -1.61. The van der Waals surface area contributed by atoms with Crippen molar-refractivity contribution in [3.8, 4) is 0 Å². The van der Waals surface area contributed by atoms with Crippen molar-refractivity contribution in [2.24, 2.45) is 5.41 Å². The van der Waals surface area contributed by atoms with Gasteiger partial charge < -0.3 is 5.32 Å². The Morgan fingerprint density at radius 2 is 1.64 bits per heavy atom. The summed E-state index contributed by atoms with van der Waals surface area (Å²) in [4.78, 5) is 12.5. The van der Waals surface area contributed by atoms with Gasteiger partial charge in [-0.15, -0.1) is 0 Å². The highest BCUT2D eigenvalue weighted by atomic mass is 79.9. The zero-order valence-electron chi connectivity index (χ0n) is 13.3. The third-order valence-electron chi connectivity index (χ3n) is 3.43. The summed E-state index contributed by atoms with van der Waals surface area (Å²) < 4.78 is 0.971. The Kier molecular flexibility index (Phi) is 5.41. The molecule has 1 atom stereocenters. The van der Waals surface area contributed by atoms with E-state index in [1.807, 2.05) is 42.5 Å². The van der Waals surface area contributed by atoms with Gasteiger partial charge in [-0.05, 0) is 41.7 Å². The van der Waals surface area contributed by atoms with Crippen molar-refractivity contribution < 1.29 is 4.79 Å². The van der Waals surface area contributed by atoms with E-state index in [2.05, 4.69) is 54.2 Å². The van der Waals surface area contributed by atoms with E-state index in [1.54, 1.807) is 0 Å². The second kappa shape index (κ2) is 7.10. The summed E-state index contributed by atoms with van der Waals surface area (Å²) in [7, 11) is 0. The van der Waals surface area contributed by atoms with Gasteiger partial charge in [0.05, 0.1) is 6.04 Å². The number of nitrogens with one attached hydrogen (secondary N) is 1. The molecule has 2 aromatic carbocycles. The van der Waals surface area contributed by atoms with Crippen molar-refractivity contribution in [1.29, 1.82) is 0 Å². The largest absolute Gasteiger partial charge is 0.345 e. The summed E-state index contributed by atoms with van der Waals surface area (Å²) in [6, 6.07) is 17.6. The molecule has 1 N–H and O–H groups in total. The minimum Gasteiger partial charge on any atom is -0.345 e. The van der Waals surface area contributed by atoms with E-state index in [0.717, 1.165) is 16.5 Å². The second-order valence-electron chi connectivity index (χ2n) is 6.71. The van der Waals surface area contributed by atoms with Crippen LogP contribution in [0.25, 0.3) is 0 Å². The molecule has 0 unspecified atom stereocenters. The molecule has 0 heterocycles. The third kappa shape index (κ3) is 4.99. The number of carbonyl (C=O) groups is 1. The first-order valence-corrected chi connectivity index (χ1v) is 8.26. The standard InChI is InChI=1S/C19H22BrNO/c1-19(2,3)13-17(14-7-5-4-6-8-14)21-18(22)15-9-11-16(20)12-10-15/h4-12,17H,13H2,1-3H3,(H,21,22)/t17-/m1/s1. The van der Waals surface area contributed by atoms with E-state index in [4.69, 9.17) is 0 Å². The fourth-order valence-corrected chi connectivity index (χ4v) is 2.66. The molecule has 22 heavy (non-hydrogen) atoms. The van der Waals surface area contributed by atoms with Crippen LogP contribution in [-0.2, 0) is 0 Å².